The van der Waals surface area contributed by atoms with Crippen molar-refractivity contribution >= 4 is 39.0 Å². The van der Waals surface area contributed by atoms with Crippen LogP contribution < -0.4 is 13.9 Å². The molecule has 0 radical (unpaired) electrons. The summed E-state index contributed by atoms with van der Waals surface area (Å²) in [6.07, 6.45) is 0. The van der Waals surface area contributed by atoms with Crippen LogP contribution in [0.5, 0.6) is 5.75 Å². The lowest BCUT2D eigenvalue weighted by molar-refractivity contribution is 0.253. The molecule has 0 N–H and O–H groups in total. The maximum Gasteiger partial charge on any atom is 0.343 e. The number of amides is 2. The summed E-state index contributed by atoms with van der Waals surface area (Å²) in [5, 5.41) is 0.581. The highest BCUT2D eigenvalue weighted by Crippen LogP contribution is 2.40. The number of fused-ring (bicyclic) bond motifs is 1. The summed E-state index contributed by atoms with van der Waals surface area (Å²) in [5.74, 6) is 0.287. The molecule has 0 bridgehead atoms. The predicted octanol–water partition coefficient (Wildman–Crippen LogP) is 4.68. The lowest BCUT2D eigenvalue weighted by Gasteiger charge is -2.36. The number of benzene rings is 3. The molecule has 0 saturated carbocycles. The van der Waals surface area contributed by atoms with Crippen molar-refractivity contribution in [1.82, 2.24) is 0 Å². The van der Waals surface area contributed by atoms with Crippen molar-refractivity contribution in [2.24, 2.45) is 0 Å². The van der Waals surface area contributed by atoms with E-state index in [4.69, 9.17) is 16.3 Å². The molecule has 4 rings (SSSR count). The third kappa shape index (κ3) is 3.32. The Bertz CT molecular complexity index is 1180. The number of ether oxygens (including phenoxy) is 1. The van der Waals surface area contributed by atoms with Gasteiger partial charge in [-0.2, -0.15) is 4.31 Å². The second-order valence-corrected chi connectivity index (χ2v) is 8.60. The van der Waals surface area contributed by atoms with Crippen LogP contribution in [0.1, 0.15) is 5.56 Å². The quantitative estimate of drug-likeness (QED) is 0.605. The molecule has 0 unspecified atom stereocenters. The first-order valence-corrected chi connectivity index (χ1v) is 10.6. The number of anilines is 2. The Morgan fingerprint density at radius 1 is 0.897 bits per heavy atom. The van der Waals surface area contributed by atoms with Gasteiger partial charge in [-0.15, -0.1) is 0 Å². The molecule has 3 aromatic rings. The molecule has 0 aromatic heterocycles. The van der Waals surface area contributed by atoms with Gasteiger partial charge in [0.05, 0.1) is 19.3 Å². The fraction of sp³-hybridized carbons (Fsp3) is 0.0952. The first kappa shape index (κ1) is 19.3. The zero-order chi connectivity index (χ0) is 20.6. The van der Waals surface area contributed by atoms with Crippen LogP contribution in [0.4, 0.5) is 16.2 Å². The van der Waals surface area contributed by atoms with Gasteiger partial charge < -0.3 is 4.74 Å². The highest BCUT2D eigenvalue weighted by atomic mass is 35.5. The molecule has 8 heteroatoms. The Labute approximate surface area is 173 Å². The first-order chi connectivity index (χ1) is 13.9. The second kappa shape index (κ2) is 7.42. The number of rotatable bonds is 4. The van der Waals surface area contributed by atoms with Crippen LogP contribution in [-0.2, 0) is 16.6 Å². The van der Waals surface area contributed by atoms with E-state index in [9.17, 15) is 13.2 Å². The molecule has 0 saturated heterocycles. The van der Waals surface area contributed by atoms with Crippen molar-refractivity contribution < 1.29 is 17.9 Å². The number of carbonyl (C=O) groups is 1. The lowest BCUT2D eigenvalue weighted by Crippen LogP contribution is -2.50. The lowest BCUT2D eigenvalue weighted by atomic mass is 10.2. The van der Waals surface area contributed by atoms with Gasteiger partial charge in [0.1, 0.15) is 16.3 Å². The van der Waals surface area contributed by atoms with Crippen LogP contribution in [-0.4, -0.2) is 21.6 Å². The van der Waals surface area contributed by atoms with Crippen molar-refractivity contribution in [3.05, 3.63) is 83.4 Å². The number of halogens is 1. The molecule has 148 valence electrons. The SMILES string of the molecule is COc1ccccc1N1C(=O)N(Cc2ccc(Cl)cc2)c2ccccc2S1(=O)=O. The fourth-order valence-electron chi connectivity index (χ4n) is 3.27. The zero-order valence-electron chi connectivity index (χ0n) is 15.4. The molecule has 1 aliphatic heterocycles. The monoisotopic (exact) mass is 428 g/mol. The Kier molecular flexibility index (Phi) is 4.94. The molecule has 0 spiro atoms. The average Bonchev–Trinajstić information content (AvgIpc) is 2.73. The molecule has 1 aliphatic rings. The second-order valence-electron chi connectivity index (χ2n) is 6.40. The molecule has 6 nitrogen and oxygen atoms in total. The van der Waals surface area contributed by atoms with Crippen LogP contribution in [0.25, 0.3) is 0 Å². The van der Waals surface area contributed by atoms with Crippen molar-refractivity contribution in [1.29, 1.82) is 0 Å². The van der Waals surface area contributed by atoms with Crippen molar-refractivity contribution in [3.8, 4) is 5.75 Å². The molecule has 2 amide bonds. The average molecular weight is 429 g/mol. The largest absolute Gasteiger partial charge is 0.495 e. The molecule has 0 fully saturated rings. The van der Waals surface area contributed by atoms with Gasteiger partial charge in [-0.3, -0.25) is 4.90 Å². The van der Waals surface area contributed by atoms with Crippen molar-refractivity contribution in [3.63, 3.8) is 0 Å². The maximum absolute atomic E-state index is 13.4. The smallest absolute Gasteiger partial charge is 0.343 e. The first-order valence-electron chi connectivity index (χ1n) is 8.77. The standard InChI is InChI=1S/C21H17ClN2O4S/c1-28-19-8-4-2-6-17(19)24-21(25)23(14-15-10-12-16(22)13-11-15)18-7-3-5-9-20(18)29(24,26)27/h2-13H,14H2,1H3. The summed E-state index contributed by atoms with van der Waals surface area (Å²) in [6.45, 7) is 0.189. The van der Waals surface area contributed by atoms with Gasteiger partial charge >= 0.3 is 6.03 Å². The summed E-state index contributed by atoms with van der Waals surface area (Å²) in [5.41, 5.74) is 1.31. The van der Waals surface area contributed by atoms with E-state index >= 15 is 0 Å². The minimum Gasteiger partial charge on any atom is -0.495 e. The number of hydrogen-bond acceptors (Lipinski definition) is 4. The van der Waals surface area contributed by atoms with Gasteiger partial charge in [0.2, 0.25) is 0 Å². The summed E-state index contributed by atoms with van der Waals surface area (Å²) in [6, 6.07) is 19.4. The molecular weight excluding hydrogens is 412 g/mol. The van der Waals surface area contributed by atoms with E-state index in [0.29, 0.717) is 10.7 Å². The van der Waals surface area contributed by atoms with Crippen molar-refractivity contribution in [2.45, 2.75) is 11.4 Å². The minimum absolute atomic E-state index is 0.0551. The number of para-hydroxylation sites is 3. The summed E-state index contributed by atoms with van der Waals surface area (Å²) in [4.78, 5) is 14.9. The van der Waals surface area contributed by atoms with Gasteiger partial charge in [-0.05, 0) is 42.0 Å². The van der Waals surface area contributed by atoms with E-state index in [2.05, 4.69) is 0 Å². The molecular formula is C21H17ClN2O4S. The number of carbonyl (C=O) groups excluding carboxylic acids is 1. The van der Waals surface area contributed by atoms with Gasteiger partial charge in [0.25, 0.3) is 10.0 Å². The van der Waals surface area contributed by atoms with E-state index in [1.165, 1.54) is 18.1 Å². The zero-order valence-corrected chi connectivity index (χ0v) is 17.0. The highest BCUT2D eigenvalue weighted by Gasteiger charge is 2.43. The normalized spacial score (nSPS) is 15.2. The molecule has 3 aromatic carbocycles. The van der Waals surface area contributed by atoms with E-state index < -0.39 is 16.1 Å². The third-order valence-corrected chi connectivity index (χ3v) is 6.62. The topological polar surface area (TPSA) is 66.9 Å². The number of urea groups is 1. The van der Waals surface area contributed by atoms with Crippen LogP contribution in [0.2, 0.25) is 5.02 Å². The van der Waals surface area contributed by atoms with Gasteiger partial charge in [0.15, 0.2) is 0 Å². The summed E-state index contributed by atoms with van der Waals surface area (Å²) >= 11 is 5.96. The molecule has 0 aliphatic carbocycles. The van der Waals surface area contributed by atoms with Crippen LogP contribution >= 0.6 is 11.6 Å². The Morgan fingerprint density at radius 3 is 2.21 bits per heavy atom. The number of methoxy groups -OCH3 is 1. The van der Waals surface area contributed by atoms with Gasteiger partial charge in [0, 0.05) is 5.02 Å². The highest BCUT2D eigenvalue weighted by molar-refractivity contribution is 7.94. The Balaban J connectivity index is 1.88. The Hall–Kier alpha value is -3.03. The molecule has 29 heavy (non-hydrogen) atoms. The van der Waals surface area contributed by atoms with Crippen LogP contribution in [0, 0.1) is 0 Å². The summed E-state index contributed by atoms with van der Waals surface area (Å²) < 4.78 is 32.8. The fourth-order valence-corrected chi connectivity index (χ4v) is 5.00. The molecule has 1 heterocycles. The number of hydrogen-bond donors (Lipinski definition) is 0. The minimum atomic E-state index is -4.11. The predicted molar refractivity (Wildman–Crippen MR) is 112 cm³/mol. The van der Waals surface area contributed by atoms with E-state index in [-0.39, 0.29) is 22.9 Å². The van der Waals surface area contributed by atoms with E-state index in [0.717, 1.165) is 9.87 Å². The number of sulfonamides is 1. The summed E-state index contributed by atoms with van der Waals surface area (Å²) in [7, 11) is -2.68. The third-order valence-electron chi connectivity index (χ3n) is 4.64. The Morgan fingerprint density at radius 2 is 1.52 bits per heavy atom. The van der Waals surface area contributed by atoms with Gasteiger partial charge in [-0.25, -0.2) is 13.2 Å². The van der Waals surface area contributed by atoms with Crippen molar-refractivity contribution in [2.75, 3.05) is 16.3 Å². The maximum atomic E-state index is 13.4. The number of nitrogens with zero attached hydrogens (tertiary/aromatic N) is 2. The van der Waals surface area contributed by atoms with Crippen LogP contribution in [0.15, 0.2) is 77.7 Å². The molecule has 0 atom stereocenters. The van der Waals surface area contributed by atoms with Gasteiger partial charge in [-0.1, -0.05) is 48.0 Å². The van der Waals surface area contributed by atoms with E-state index in [1.54, 1.807) is 66.7 Å². The van der Waals surface area contributed by atoms with Crippen LogP contribution in [0.3, 0.4) is 0 Å². The van der Waals surface area contributed by atoms with E-state index in [1.807, 2.05) is 0 Å².